The molecule has 0 fully saturated rings. The van der Waals surface area contributed by atoms with E-state index in [1.165, 1.54) is 0 Å². The number of hydrogen-bond donors (Lipinski definition) is 1. The Hall–Kier alpha value is -2.81. The highest BCUT2D eigenvalue weighted by atomic mass is 15.3. The first-order valence-electron chi connectivity index (χ1n) is 6.87. The molecule has 0 unspecified atom stereocenters. The summed E-state index contributed by atoms with van der Waals surface area (Å²) < 4.78 is 1.92. The number of aromatic nitrogens is 2. The lowest BCUT2D eigenvalue weighted by Gasteiger charge is -2.08. The molecule has 3 nitrogen and oxygen atoms in total. The van der Waals surface area contributed by atoms with Crippen LogP contribution in [0.15, 0.2) is 73.3 Å². The van der Waals surface area contributed by atoms with Crippen LogP contribution in [-0.4, -0.2) is 16.8 Å². The summed E-state index contributed by atoms with van der Waals surface area (Å²) in [6.07, 6.45) is 0. The first-order valence-corrected chi connectivity index (χ1v) is 6.87. The van der Waals surface area contributed by atoms with Gasteiger partial charge in [0.25, 0.3) is 0 Å². The maximum atomic E-state index is 4.74. The van der Waals surface area contributed by atoms with Gasteiger partial charge in [-0.3, -0.25) is 0 Å². The molecule has 0 saturated carbocycles. The van der Waals surface area contributed by atoms with Crippen molar-refractivity contribution in [2.24, 2.45) is 0 Å². The molecular formula is C18H17N3. The van der Waals surface area contributed by atoms with Crippen LogP contribution in [0.5, 0.6) is 0 Å². The summed E-state index contributed by atoms with van der Waals surface area (Å²) in [5, 5.41) is 7.84. The molecule has 0 bridgehead atoms. The molecular weight excluding hydrogens is 258 g/mol. The van der Waals surface area contributed by atoms with Crippen molar-refractivity contribution in [2.45, 2.75) is 0 Å². The molecule has 1 N–H and O–H groups in total. The van der Waals surface area contributed by atoms with Gasteiger partial charge in [-0.1, -0.05) is 55.1 Å². The van der Waals surface area contributed by atoms with Gasteiger partial charge < -0.3 is 5.32 Å². The van der Waals surface area contributed by atoms with Crippen molar-refractivity contribution in [3.05, 3.63) is 79.0 Å². The highest BCUT2D eigenvalue weighted by molar-refractivity contribution is 5.68. The quantitative estimate of drug-likeness (QED) is 0.786. The van der Waals surface area contributed by atoms with Gasteiger partial charge in [-0.15, -0.1) is 0 Å². The fourth-order valence-electron chi connectivity index (χ4n) is 2.24. The van der Waals surface area contributed by atoms with Gasteiger partial charge in [-0.25, -0.2) is 4.68 Å². The molecule has 0 aliphatic heterocycles. The van der Waals surface area contributed by atoms with Crippen LogP contribution in [0.4, 0.5) is 0 Å². The van der Waals surface area contributed by atoms with Gasteiger partial charge in [-0.05, 0) is 18.2 Å². The molecule has 3 aromatic rings. The van der Waals surface area contributed by atoms with Crippen LogP contribution in [0.1, 0.15) is 5.69 Å². The highest BCUT2D eigenvalue weighted by Gasteiger charge is 2.12. The van der Waals surface area contributed by atoms with Gasteiger partial charge in [0.1, 0.15) is 0 Å². The van der Waals surface area contributed by atoms with E-state index in [-0.39, 0.29) is 0 Å². The van der Waals surface area contributed by atoms with Gasteiger partial charge in [0, 0.05) is 12.6 Å². The number of rotatable bonds is 4. The van der Waals surface area contributed by atoms with E-state index in [0.29, 0.717) is 0 Å². The van der Waals surface area contributed by atoms with E-state index in [0.717, 1.165) is 28.3 Å². The van der Waals surface area contributed by atoms with Crippen molar-refractivity contribution in [2.75, 3.05) is 7.05 Å². The van der Waals surface area contributed by atoms with Crippen LogP contribution in [0.3, 0.4) is 0 Å². The standard InChI is InChI=1S/C18H17N3/c1-14(19-2)18-13-17(15-9-5-3-6-10-15)20-21(18)16-11-7-4-8-12-16/h3-13,19H,1H2,2H3. The van der Waals surface area contributed by atoms with Crippen LogP contribution in [-0.2, 0) is 0 Å². The molecule has 104 valence electrons. The molecule has 0 amide bonds. The molecule has 0 saturated heterocycles. The number of nitrogens with zero attached hydrogens (tertiary/aromatic N) is 2. The van der Waals surface area contributed by atoms with Crippen molar-refractivity contribution in [1.82, 2.24) is 15.1 Å². The third-order valence-electron chi connectivity index (χ3n) is 3.39. The van der Waals surface area contributed by atoms with Gasteiger partial charge in [0.2, 0.25) is 0 Å². The summed E-state index contributed by atoms with van der Waals surface area (Å²) in [6, 6.07) is 22.3. The summed E-state index contributed by atoms with van der Waals surface area (Å²) in [5.74, 6) is 0. The molecule has 0 radical (unpaired) electrons. The maximum absolute atomic E-state index is 4.74. The first-order chi connectivity index (χ1) is 10.3. The predicted octanol–water partition coefficient (Wildman–Crippen LogP) is 3.73. The van der Waals surface area contributed by atoms with Crippen molar-refractivity contribution < 1.29 is 0 Å². The van der Waals surface area contributed by atoms with E-state index in [2.05, 4.69) is 30.1 Å². The second kappa shape index (κ2) is 5.67. The van der Waals surface area contributed by atoms with Crippen molar-refractivity contribution in [1.29, 1.82) is 0 Å². The maximum Gasteiger partial charge on any atom is 0.0934 e. The topological polar surface area (TPSA) is 29.9 Å². The Balaban J connectivity index is 2.14. The number of nitrogens with one attached hydrogen (secondary N) is 1. The number of para-hydroxylation sites is 1. The number of hydrogen-bond acceptors (Lipinski definition) is 2. The summed E-state index contributed by atoms with van der Waals surface area (Å²) in [4.78, 5) is 0. The van der Waals surface area contributed by atoms with E-state index in [1.807, 2.05) is 60.3 Å². The predicted molar refractivity (Wildman–Crippen MR) is 87.1 cm³/mol. The van der Waals surface area contributed by atoms with E-state index in [1.54, 1.807) is 0 Å². The largest absolute Gasteiger partial charge is 0.387 e. The Morgan fingerprint density at radius 2 is 1.62 bits per heavy atom. The van der Waals surface area contributed by atoms with E-state index < -0.39 is 0 Å². The normalized spacial score (nSPS) is 10.3. The molecule has 1 heterocycles. The lowest BCUT2D eigenvalue weighted by Crippen LogP contribution is -2.09. The zero-order valence-corrected chi connectivity index (χ0v) is 12.0. The van der Waals surface area contributed by atoms with Crippen molar-refractivity contribution >= 4 is 5.70 Å². The molecule has 3 rings (SSSR count). The van der Waals surface area contributed by atoms with Crippen LogP contribution < -0.4 is 5.32 Å². The van der Waals surface area contributed by atoms with Crippen molar-refractivity contribution in [3.63, 3.8) is 0 Å². The monoisotopic (exact) mass is 275 g/mol. The minimum Gasteiger partial charge on any atom is -0.387 e. The van der Waals surface area contributed by atoms with Gasteiger partial charge >= 0.3 is 0 Å². The summed E-state index contributed by atoms with van der Waals surface area (Å²) in [7, 11) is 1.87. The van der Waals surface area contributed by atoms with Gasteiger partial charge in [0.05, 0.1) is 22.8 Å². The Kier molecular flexibility index (Phi) is 3.56. The minimum absolute atomic E-state index is 0.841. The van der Waals surface area contributed by atoms with E-state index in [4.69, 9.17) is 5.10 Å². The lowest BCUT2D eigenvalue weighted by atomic mass is 10.1. The summed E-state index contributed by atoms with van der Waals surface area (Å²) in [5.41, 5.74) is 4.85. The van der Waals surface area contributed by atoms with Gasteiger partial charge in [-0.2, -0.15) is 5.10 Å². The third kappa shape index (κ3) is 2.58. The third-order valence-corrected chi connectivity index (χ3v) is 3.39. The van der Waals surface area contributed by atoms with E-state index in [9.17, 15) is 0 Å². The molecule has 0 atom stereocenters. The van der Waals surface area contributed by atoms with Crippen LogP contribution in [0, 0.1) is 0 Å². The van der Waals surface area contributed by atoms with Crippen molar-refractivity contribution in [3.8, 4) is 16.9 Å². The molecule has 0 spiro atoms. The fourth-order valence-corrected chi connectivity index (χ4v) is 2.24. The first kappa shape index (κ1) is 13.2. The second-order valence-corrected chi connectivity index (χ2v) is 4.76. The van der Waals surface area contributed by atoms with Crippen LogP contribution in [0.2, 0.25) is 0 Å². The summed E-state index contributed by atoms with van der Waals surface area (Å²) in [6.45, 7) is 4.06. The van der Waals surface area contributed by atoms with Gasteiger partial charge in [0.15, 0.2) is 0 Å². The molecule has 2 aromatic carbocycles. The SMILES string of the molecule is C=C(NC)c1cc(-c2ccccc2)nn1-c1ccccc1. The molecule has 21 heavy (non-hydrogen) atoms. The zero-order valence-electron chi connectivity index (χ0n) is 12.0. The fraction of sp³-hybridized carbons (Fsp3) is 0.0556. The smallest absolute Gasteiger partial charge is 0.0934 e. The Bertz CT molecular complexity index is 743. The Labute approximate surface area is 124 Å². The minimum atomic E-state index is 0.841. The Morgan fingerprint density at radius 1 is 1.00 bits per heavy atom. The summed E-state index contributed by atoms with van der Waals surface area (Å²) >= 11 is 0. The number of benzene rings is 2. The van der Waals surface area contributed by atoms with Crippen LogP contribution in [0.25, 0.3) is 22.6 Å². The van der Waals surface area contributed by atoms with Crippen LogP contribution >= 0.6 is 0 Å². The highest BCUT2D eigenvalue weighted by Crippen LogP contribution is 2.24. The average Bonchev–Trinajstić information content (AvgIpc) is 3.01. The average molecular weight is 275 g/mol. The molecule has 0 aliphatic carbocycles. The lowest BCUT2D eigenvalue weighted by molar-refractivity contribution is 0.860. The molecule has 0 aliphatic rings. The zero-order chi connectivity index (χ0) is 14.7. The molecule has 1 aromatic heterocycles. The molecule has 3 heteroatoms. The Morgan fingerprint density at radius 3 is 2.24 bits per heavy atom. The second-order valence-electron chi connectivity index (χ2n) is 4.76. The van der Waals surface area contributed by atoms with E-state index >= 15 is 0 Å².